The van der Waals surface area contributed by atoms with Crippen LogP contribution in [0.3, 0.4) is 0 Å². The molecule has 0 fully saturated rings. The van der Waals surface area contributed by atoms with Crippen LogP contribution in [-0.4, -0.2) is 31.3 Å². The zero-order valence-corrected chi connectivity index (χ0v) is 11.4. The van der Waals surface area contributed by atoms with E-state index in [4.69, 9.17) is 24.7 Å². The van der Waals surface area contributed by atoms with Crippen LogP contribution < -0.4 is 24.7 Å². The fourth-order valence-corrected chi connectivity index (χ4v) is 1.53. The molecule has 106 valence electrons. The molecule has 0 saturated carbocycles. The first-order valence-electron chi connectivity index (χ1n) is 5.75. The highest BCUT2D eigenvalue weighted by atomic mass is 16.5. The minimum absolute atomic E-state index is 0.0705. The van der Waals surface area contributed by atoms with Gasteiger partial charge in [0.1, 0.15) is 11.4 Å². The maximum atomic E-state index is 5.91. The van der Waals surface area contributed by atoms with Gasteiger partial charge in [0.05, 0.1) is 27.4 Å². The van der Waals surface area contributed by atoms with Crippen molar-refractivity contribution in [3.05, 3.63) is 24.3 Å². The second kappa shape index (κ2) is 5.96. The monoisotopic (exact) mass is 277 g/mol. The van der Waals surface area contributed by atoms with Crippen molar-refractivity contribution in [2.45, 2.75) is 0 Å². The Balaban J connectivity index is 2.34. The van der Waals surface area contributed by atoms with Crippen molar-refractivity contribution in [3.8, 4) is 29.3 Å². The van der Waals surface area contributed by atoms with Gasteiger partial charge < -0.3 is 24.7 Å². The van der Waals surface area contributed by atoms with Crippen molar-refractivity contribution in [2.75, 3.05) is 27.1 Å². The van der Waals surface area contributed by atoms with Crippen LogP contribution in [0, 0.1) is 0 Å². The first-order valence-corrected chi connectivity index (χ1v) is 5.75. The minimum atomic E-state index is 0.0705. The van der Waals surface area contributed by atoms with Gasteiger partial charge in [-0.1, -0.05) is 6.07 Å². The topological polar surface area (TPSA) is 88.7 Å². The third kappa shape index (κ3) is 2.82. The summed E-state index contributed by atoms with van der Waals surface area (Å²) in [6, 6.07) is 6.78. The lowest BCUT2D eigenvalue weighted by atomic mass is 10.3. The predicted molar refractivity (Wildman–Crippen MR) is 72.6 cm³/mol. The van der Waals surface area contributed by atoms with Crippen LogP contribution >= 0.6 is 0 Å². The van der Waals surface area contributed by atoms with E-state index < -0.39 is 0 Å². The second-order valence-corrected chi connectivity index (χ2v) is 3.71. The number of hydrogen-bond donors (Lipinski definition) is 1. The summed E-state index contributed by atoms with van der Waals surface area (Å²) >= 11 is 0. The number of rotatable bonds is 5. The van der Waals surface area contributed by atoms with Crippen LogP contribution in [0.5, 0.6) is 29.3 Å². The van der Waals surface area contributed by atoms with Crippen molar-refractivity contribution < 1.29 is 18.9 Å². The molecule has 0 aliphatic rings. The average Bonchev–Trinajstić information content (AvgIpc) is 2.49. The van der Waals surface area contributed by atoms with E-state index in [9.17, 15) is 0 Å². The van der Waals surface area contributed by atoms with E-state index in [1.165, 1.54) is 21.3 Å². The molecule has 1 aromatic heterocycles. The summed E-state index contributed by atoms with van der Waals surface area (Å²) in [5.74, 6) is 1.55. The number of benzene rings is 1. The Kier molecular flexibility index (Phi) is 4.09. The quantitative estimate of drug-likeness (QED) is 0.834. The molecule has 0 atom stereocenters. The zero-order valence-electron chi connectivity index (χ0n) is 11.4. The highest BCUT2D eigenvalue weighted by molar-refractivity contribution is 5.63. The smallest absolute Gasteiger partial charge is 0.328 e. The minimum Gasteiger partial charge on any atom is -0.494 e. The van der Waals surface area contributed by atoms with Crippen LogP contribution in [0.1, 0.15) is 0 Å². The number of ether oxygens (including phenoxy) is 4. The van der Waals surface area contributed by atoms with E-state index in [1.807, 2.05) is 0 Å². The third-order valence-corrected chi connectivity index (χ3v) is 2.52. The zero-order chi connectivity index (χ0) is 14.5. The van der Waals surface area contributed by atoms with Gasteiger partial charge in [-0.2, -0.15) is 9.97 Å². The Labute approximate surface area is 116 Å². The van der Waals surface area contributed by atoms with Crippen molar-refractivity contribution in [2.24, 2.45) is 0 Å². The number of para-hydroxylation sites is 1. The molecule has 2 N–H and O–H groups in total. The van der Waals surface area contributed by atoms with Crippen LogP contribution in [-0.2, 0) is 0 Å². The molecule has 2 aromatic rings. The number of hydrogen-bond acceptors (Lipinski definition) is 7. The summed E-state index contributed by atoms with van der Waals surface area (Å²) < 4.78 is 20.8. The number of nitrogens with two attached hydrogens (primary N) is 1. The highest BCUT2D eigenvalue weighted by Gasteiger charge is 2.11. The lowest BCUT2D eigenvalue weighted by molar-refractivity contribution is 0.347. The Morgan fingerprint density at radius 1 is 0.900 bits per heavy atom. The summed E-state index contributed by atoms with van der Waals surface area (Å²) in [6.45, 7) is 0. The predicted octanol–water partition coefficient (Wildman–Crippen LogP) is 1.88. The average molecular weight is 277 g/mol. The molecule has 0 aliphatic carbocycles. The highest BCUT2D eigenvalue weighted by Crippen LogP contribution is 2.34. The van der Waals surface area contributed by atoms with Gasteiger partial charge in [-0.3, -0.25) is 0 Å². The molecular formula is C13H15N3O4. The first-order chi connectivity index (χ1) is 9.67. The van der Waals surface area contributed by atoms with Gasteiger partial charge in [0.15, 0.2) is 5.75 Å². The lowest BCUT2D eigenvalue weighted by Crippen LogP contribution is -2.00. The van der Waals surface area contributed by atoms with Crippen LogP contribution in [0.2, 0.25) is 0 Å². The molecule has 0 radical (unpaired) electrons. The molecule has 7 nitrogen and oxygen atoms in total. The molecule has 7 heteroatoms. The summed E-state index contributed by atoms with van der Waals surface area (Å²) in [6.07, 6.45) is 0. The molecule has 0 bridgehead atoms. The van der Waals surface area contributed by atoms with Gasteiger partial charge in [-0.05, 0) is 12.1 Å². The molecule has 1 heterocycles. The van der Waals surface area contributed by atoms with E-state index in [2.05, 4.69) is 9.97 Å². The molecule has 0 spiro atoms. The van der Waals surface area contributed by atoms with Gasteiger partial charge in [0.2, 0.25) is 11.8 Å². The Bertz CT molecular complexity index is 582. The lowest BCUT2D eigenvalue weighted by Gasteiger charge is -2.11. The van der Waals surface area contributed by atoms with Crippen molar-refractivity contribution in [1.29, 1.82) is 0 Å². The van der Waals surface area contributed by atoms with Crippen LogP contribution in [0.4, 0.5) is 5.69 Å². The molecule has 0 unspecified atom stereocenters. The molecular weight excluding hydrogens is 262 g/mol. The van der Waals surface area contributed by atoms with Crippen molar-refractivity contribution in [1.82, 2.24) is 9.97 Å². The molecule has 2 rings (SSSR count). The molecule has 20 heavy (non-hydrogen) atoms. The van der Waals surface area contributed by atoms with Crippen LogP contribution in [0.15, 0.2) is 24.3 Å². The fourth-order valence-electron chi connectivity index (χ4n) is 1.53. The maximum absolute atomic E-state index is 5.91. The molecule has 0 amide bonds. The number of anilines is 1. The van der Waals surface area contributed by atoms with Crippen molar-refractivity contribution >= 4 is 5.69 Å². The standard InChI is InChI=1S/C13H15N3O4/c1-17-8-5-4-6-9(12(8)14)20-13-15-10(18-2)7-11(16-13)19-3/h4-7H,14H2,1-3H3. The van der Waals surface area contributed by atoms with Gasteiger partial charge in [-0.25, -0.2) is 0 Å². The summed E-state index contributed by atoms with van der Waals surface area (Å²) in [4.78, 5) is 8.12. The SMILES string of the molecule is COc1cc(OC)nc(Oc2cccc(OC)c2N)n1. The Morgan fingerprint density at radius 2 is 1.50 bits per heavy atom. The Morgan fingerprint density at radius 3 is 2.05 bits per heavy atom. The van der Waals surface area contributed by atoms with Gasteiger partial charge in [0, 0.05) is 0 Å². The second-order valence-electron chi connectivity index (χ2n) is 3.71. The number of nitrogen functional groups attached to an aromatic ring is 1. The first kappa shape index (κ1) is 13.7. The molecule has 0 saturated heterocycles. The molecule has 1 aromatic carbocycles. The van der Waals surface area contributed by atoms with Crippen LogP contribution in [0.25, 0.3) is 0 Å². The van der Waals surface area contributed by atoms with Gasteiger partial charge >= 0.3 is 6.01 Å². The van der Waals surface area contributed by atoms with E-state index in [1.54, 1.807) is 24.3 Å². The normalized spacial score (nSPS) is 9.95. The summed E-state index contributed by atoms with van der Waals surface area (Å²) in [5.41, 5.74) is 6.28. The van der Waals surface area contributed by atoms with E-state index in [0.717, 1.165) is 0 Å². The van der Waals surface area contributed by atoms with Gasteiger partial charge in [-0.15, -0.1) is 0 Å². The fraction of sp³-hybridized carbons (Fsp3) is 0.231. The summed E-state index contributed by atoms with van der Waals surface area (Å²) in [5, 5.41) is 0. The van der Waals surface area contributed by atoms with Gasteiger partial charge in [0.25, 0.3) is 0 Å². The number of nitrogens with zero attached hydrogens (tertiary/aromatic N) is 2. The molecule has 0 aliphatic heterocycles. The van der Waals surface area contributed by atoms with E-state index in [0.29, 0.717) is 28.9 Å². The third-order valence-electron chi connectivity index (χ3n) is 2.52. The number of aromatic nitrogens is 2. The number of methoxy groups -OCH3 is 3. The van der Waals surface area contributed by atoms with Crippen molar-refractivity contribution in [3.63, 3.8) is 0 Å². The van der Waals surface area contributed by atoms with E-state index >= 15 is 0 Å². The maximum Gasteiger partial charge on any atom is 0.328 e. The summed E-state index contributed by atoms with van der Waals surface area (Å²) in [7, 11) is 4.51. The van der Waals surface area contributed by atoms with E-state index in [-0.39, 0.29) is 6.01 Å². The largest absolute Gasteiger partial charge is 0.494 e. The Hall–Kier alpha value is -2.70.